The molecule has 2 atom stereocenters. The van der Waals surface area contributed by atoms with Crippen LogP contribution in [-0.4, -0.2) is 41.6 Å². The summed E-state index contributed by atoms with van der Waals surface area (Å²) in [6, 6.07) is 7.59. The lowest BCUT2D eigenvalue weighted by Crippen LogP contribution is -2.42. The van der Waals surface area contributed by atoms with E-state index < -0.39 is 0 Å². The zero-order valence-electron chi connectivity index (χ0n) is 13.1. The summed E-state index contributed by atoms with van der Waals surface area (Å²) in [5.74, 6) is 1.61. The Morgan fingerprint density at radius 1 is 1.26 bits per heavy atom. The second-order valence-electron chi connectivity index (χ2n) is 6.34. The van der Waals surface area contributed by atoms with E-state index in [1.54, 1.807) is 6.92 Å². The molecule has 2 fully saturated rings. The zero-order chi connectivity index (χ0) is 16.4. The molecule has 0 radical (unpaired) electrons. The van der Waals surface area contributed by atoms with Gasteiger partial charge in [-0.15, -0.1) is 11.8 Å². The molecule has 1 saturated heterocycles. The summed E-state index contributed by atoms with van der Waals surface area (Å²) in [5, 5.41) is 3.83. The highest BCUT2D eigenvalue weighted by Gasteiger charge is 2.43. The first-order valence-electron chi connectivity index (χ1n) is 7.96. The number of halogens is 1. The topological polar surface area (TPSA) is 49.4 Å². The maximum absolute atomic E-state index is 12.2. The summed E-state index contributed by atoms with van der Waals surface area (Å²) in [4.78, 5) is 26.7. The van der Waals surface area contributed by atoms with Gasteiger partial charge in [-0.2, -0.15) is 0 Å². The monoisotopic (exact) mass is 352 g/mol. The first-order valence-corrected chi connectivity index (χ1v) is 9.32. The van der Waals surface area contributed by atoms with Crippen molar-refractivity contribution in [2.45, 2.75) is 30.7 Å². The van der Waals surface area contributed by atoms with Crippen molar-refractivity contribution in [3.8, 4) is 0 Å². The van der Waals surface area contributed by atoms with E-state index in [9.17, 15) is 9.59 Å². The molecule has 0 spiro atoms. The number of thioether (sulfide) groups is 1. The van der Waals surface area contributed by atoms with Gasteiger partial charge in [-0.3, -0.25) is 9.59 Å². The van der Waals surface area contributed by atoms with Crippen LogP contribution >= 0.6 is 23.4 Å². The molecule has 1 aliphatic heterocycles. The van der Waals surface area contributed by atoms with Gasteiger partial charge in [-0.05, 0) is 43.0 Å². The molecule has 0 aromatic heterocycles. The van der Waals surface area contributed by atoms with Crippen LogP contribution in [0.1, 0.15) is 19.8 Å². The fourth-order valence-corrected chi connectivity index (χ4v) is 4.00. The van der Waals surface area contributed by atoms with Crippen molar-refractivity contribution in [1.29, 1.82) is 0 Å². The molecule has 3 rings (SSSR count). The van der Waals surface area contributed by atoms with Crippen molar-refractivity contribution in [1.82, 2.24) is 10.2 Å². The lowest BCUT2D eigenvalue weighted by molar-refractivity contribution is -0.128. The molecule has 1 aromatic rings. The number of carbonyl (C=O) groups is 2. The van der Waals surface area contributed by atoms with Crippen LogP contribution in [0.5, 0.6) is 0 Å². The van der Waals surface area contributed by atoms with Gasteiger partial charge in [0.25, 0.3) is 0 Å². The summed E-state index contributed by atoms with van der Waals surface area (Å²) in [6.07, 6.45) is 2.45. The highest BCUT2D eigenvalue weighted by atomic mass is 35.5. The minimum absolute atomic E-state index is 0.0333. The number of likely N-dealkylation sites (tertiary alicyclic amines) is 1. The van der Waals surface area contributed by atoms with Crippen LogP contribution < -0.4 is 5.32 Å². The quantitative estimate of drug-likeness (QED) is 0.829. The Hall–Kier alpha value is -1.20. The molecule has 1 aliphatic carbocycles. The first-order chi connectivity index (χ1) is 11.0. The van der Waals surface area contributed by atoms with E-state index in [1.165, 1.54) is 24.6 Å². The van der Waals surface area contributed by atoms with Crippen LogP contribution in [0.4, 0.5) is 0 Å². The molecule has 0 bridgehead atoms. The van der Waals surface area contributed by atoms with Gasteiger partial charge in [0.05, 0.1) is 11.8 Å². The molecule has 2 amide bonds. The van der Waals surface area contributed by atoms with Gasteiger partial charge < -0.3 is 10.2 Å². The van der Waals surface area contributed by atoms with Gasteiger partial charge in [-0.1, -0.05) is 11.6 Å². The van der Waals surface area contributed by atoms with Crippen molar-refractivity contribution >= 4 is 35.2 Å². The highest BCUT2D eigenvalue weighted by Crippen LogP contribution is 2.41. The molecule has 1 heterocycles. The Morgan fingerprint density at radius 3 is 2.57 bits per heavy atom. The van der Waals surface area contributed by atoms with E-state index in [0.717, 1.165) is 11.4 Å². The highest BCUT2D eigenvalue weighted by molar-refractivity contribution is 8.00. The number of nitrogens with zero attached hydrogens (tertiary/aromatic N) is 1. The molecule has 4 nitrogen and oxygen atoms in total. The van der Waals surface area contributed by atoms with Crippen molar-refractivity contribution in [2.75, 3.05) is 18.8 Å². The molecule has 1 saturated carbocycles. The predicted molar refractivity (Wildman–Crippen MR) is 92.6 cm³/mol. The number of amides is 2. The van der Waals surface area contributed by atoms with Crippen molar-refractivity contribution in [3.05, 3.63) is 29.3 Å². The average molecular weight is 353 g/mol. The van der Waals surface area contributed by atoms with Gasteiger partial charge >= 0.3 is 0 Å². The number of nitrogens with one attached hydrogen (secondary N) is 1. The second-order valence-corrected chi connectivity index (χ2v) is 7.83. The number of hydrogen-bond acceptors (Lipinski definition) is 3. The van der Waals surface area contributed by atoms with Crippen molar-refractivity contribution in [2.24, 2.45) is 11.8 Å². The van der Waals surface area contributed by atoms with E-state index >= 15 is 0 Å². The molecule has 2 aliphatic rings. The Kier molecular flexibility index (Phi) is 5.17. The van der Waals surface area contributed by atoms with E-state index in [-0.39, 0.29) is 17.9 Å². The number of hydrogen-bond donors (Lipinski definition) is 1. The van der Waals surface area contributed by atoms with Gasteiger partial charge in [0.2, 0.25) is 11.8 Å². The minimum Gasteiger partial charge on any atom is -0.350 e. The van der Waals surface area contributed by atoms with Gasteiger partial charge in [-0.25, -0.2) is 0 Å². The fourth-order valence-electron chi connectivity index (χ4n) is 3.17. The number of carbonyl (C=O) groups excluding carboxylic acids is 2. The van der Waals surface area contributed by atoms with Crippen LogP contribution in [-0.2, 0) is 9.59 Å². The summed E-state index contributed by atoms with van der Waals surface area (Å²) in [7, 11) is 0. The largest absolute Gasteiger partial charge is 0.350 e. The lowest BCUT2D eigenvalue weighted by Gasteiger charge is -2.19. The maximum Gasteiger partial charge on any atom is 0.230 e. The van der Waals surface area contributed by atoms with Gasteiger partial charge in [0, 0.05) is 35.8 Å². The van der Waals surface area contributed by atoms with Crippen LogP contribution in [0.15, 0.2) is 29.2 Å². The summed E-state index contributed by atoms with van der Waals surface area (Å²) in [5.41, 5.74) is 0. The Bertz CT molecular complexity index is 589. The molecule has 23 heavy (non-hydrogen) atoms. The Labute approximate surface area is 145 Å². The standard InChI is InChI=1S/C17H21ClN2O2S/c1-11(21)20-8-15(12-2-3-12)16(9-20)19-17(22)10-23-14-6-4-13(18)5-7-14/h4-7,12,15-16H,2-3,8-10H2,1H3,(H,19,22)/t15-,16+/m1/s1. The number of rotatable bonds is 5. The third-order valence-corrected chi connectivity index (χ3v) is 5.83. The molecular weight excluding hydrogens is 332 g/mol. The Balaban J connectivity index is 1.51. The van der Waals surface area contributed by atoms with E-state index in [0.29, 0.717) is 29.2 Å². The van der Waals surface area contributed by atoms with Gasteiger partial charge in [0.1, 0.15) is 0 Å². The third-order valence-electron chi connectivity index (χ3n) is 4.57. The Morgan fingerprint density at radius 2 is 1.96 bits per heavy atom. The second kappa shape index (κ2) is 7.14. The average Bonchev–Trinajstić information content (AvgIpc) is 3.27. The summed E-state index contributed by atoms with van der Waals surface area (Å²) < 4.78 is 0. The minimum atomic E-state index is 0.0333. The van der Waals surface area contributed by atoms with Crippen LogP contribution in [0.2, 0.25) is 5.02 Å². The van der Waals surface area contributed by atoms with Crippen molar-refractivity contribution in [3.63, 3.8) is 0 Å². The predicted octanol–water partition coefficient (Wildman–Crippen LogP) is 2.81. The molecular formula is C17H21ClN2O2S. The van der Waals surface area contributed by atoms with Crippen molar-refractivity contribution < 1.29 is 9.59 Å². The molecule has 1 N–H and O–H groups in total. The lowest BCUT2D eigenvalue weighted by atomic mass is 9.98. The normalized spacial score (nSPS) is 23.8. The molecule has 0 unspecified atom stereocenters. The number of benzene rings is 1. The molecule has 6 heteroatoms. The van der Waals surface area contributed by atoms with E-state index in [4.69, 9.17) is 11.6 Å². The van der Waals surface area contributed by atoms with E-state index in [1.807, 2.05) is 29.2 Å². The van der Waals surface area contributed by atoms with Gasteiger partial charge in [0.15, 0.2) is 0 Å². The van der Waals surface area contributed by atoms with E-state index in [2.05, 4.69) is 5.32 Å². The van der Waals surface area contributed by atoms with Crippen LogP contribution in [0.3, 0.4) is 0 Å². The SMILES string of the molecule is CC(=O)N1C[C@H](NC(=O)CSc2ccc(Cl)cc2)[C@@H](C2CC2)C1. The summed E-state index contributed by atoms with van der Waals surface area (Å²) in [6.45, 7) is 3.04. The smallest absolute Gasteiger partial charge is 0.230 e. The fraction of sp³-hybridized carbons (Fsp3) is 0.529. The zero-order valence-corrected chi connectivity index (χ0v) is 14.7. The molecule has 1 aromatic carbocycles. The first kappa shape index (κ1) is 16.7. The summed E-state index contributed by atoms with van der Waals surface area (Å²) >= 11 is 7.36. The van der Waals surface area contributed by atoms with Crippen LogP contribution in [0.25, 0.3) is 0 Å². The maximum atomic E-state index is 12.2. The van der Waals surface area contributed by atoms with Crippen LogP contribution in [0, 0.1) is 11.8 Å². The molecule has 124 valence electrons. The third kappa shape index (κ3) is 4.42.